The topological polar surface area (TPSA) is 44.0 Å². The van der Waals surface area contributed by atoms with Crippen LogP contribution < -0.4 is 0 Å². The molecular formula is C17H23NO. The van der Waals surface area contributed by atoms with E-state index in [0.29, 0.717) is 0 Å². The van der Waals surface area contributed by atoms with Gasteiger partial charge in [-0.25, -0.2) is 0 Å². The second kappa shape index (κ2) is 6.21. The Morgan fingerprint density at radius 2 is 1.68 bits per heavy atom. The fourth-order valence-corrected chi connectivity index (χ4v) is 3.25. The Morgan fingerprint density at radius 1 is 1.11 bits per heavy atom. The second-order valence-corrected chi connectivity index (χ2v) is 5.83. The van der Waals surface area contributed by atoms with Gasteiger partial charge < -0.3 is 5.11 Å². The SMILES string of the molecule is CC(c1ccccc1)C(O)C1(C#N)CCCCCC1. The maximum absolute atomic E-state index is 10.7. The molecule has 2 heteroatoms. The lowest BCUT2D eigenvalue weighted by atomic mass is 9.71. The average molecular weight is 257 g/mol. The van der Waals surface area contributed by atoms with Crippen molar-refractivity contribution in [2.75, 3.05) is 0 Å². The molecule has 0 radical (unpaired) electrons. The minimum atomic E-state index is -0.571. The summed E-state index contributed by atoms with van der Waals surface area (Å²) in [5.74, 6) is 0.0129. The summed E-state index contributed by atoms with van der Waals surface area (Å²) >= 11 is 0. The van der Waals surface area contributed by atoms with Crippen LogP contribution in [0.4, 0.5) is 0 Å². The highest BCUT2D eigenvalue weighted by molar-refractivity contribution is 5.22. The smallest absolute Gasteiger partial charge is 0.0838 e. The first-order valence-corrected chi connectivity index (χ1v) is 7.34. The van der Waals surface area contributed by atoms with Gasteiger partial charge in [0.25, 0.3) is 0 Å². The van der Waals surface area contributed by atoms with Gasteiger partial charge in [0.15, 0.2) is 0 Å². The summed E-state index contributed by atoms with van der Waals surface area (Å²) in [5.41, 5.74) is 0.569. The molecule has 1 aliphatic carbocycles. The quantitative estimate of drug-likeness (QED) is 0.831. The molecule has 2 rings (SSSR count). The number of rotatable bonds is 3. The summed E-state index contributed by atoms with van der Waals surface area (Å²) in [6.07, 6.45) is 5.60. The molecule has 0 saturated heterocycles. The molecule has 1 fully saturated rings. The molecule has 0 spiro atoms. The number of hydrogen-bond donors (Lipinski definition) is 1. The predicted molar refractivity (Wildman–Crippen MR) is 76.6 cm³/mol. The zero-order chi connectivity index (χ0) is 13.7. The van der Waals surface area contributed by atoms with Gasteiger partial charge in [0, 0.05) is 5.92 Å². The number of nitriles is 1. The summed E-state index contributed by atoms with van der Waals surface area (Å²) in [6, 6.07) is 12.5. The Labute approximate surface area is 116 Å². The molecule has 0 amide bonds. The molecular weight excluding hydrogens is 234 g/mol. The fourth-order valence-electron chi connectivity index (χ4n) is 3.25. The Morgan fingerprint density at radius 3 is 2.21 bits per heavy atom. The number of nitrogens with zero attached hydrogens (tertiary/aromatic N) is 1. The van der Waals surface area contributed by atoms with Gasteiger partial charge in [0.2, 0.25) is 0 Å². The van der Waals surface area contributed by atoms with Crippen molar-refractivity contribution in [3.05, 3.63) is 35.9 Å². The van der Waals surface area contributed by atoms with Crippen LogP contribution in [0.25, 0.3) is 0 Å². The van der Waals surface area contributed by atoms with E-state index in [-0.39, 0.29) is 5.92 Å². The molecule has 2 atom stereocenters. The highest BCUT2D eigenvalue weighted by atomic mass is 16.3. The van der Waals surface area contributed by atoms with E-state index in [9.17, 15) is 10.4 Å². The summed E-state index contributed by atoms with van der Waals surface area (Å²) in [5, 5.41) is 20.4. The standard InChI is InChI=1S/C17H23NO/c1-14(15-9-5-4-6-10-15)16(19)17(13-18)11-7-2-3-8-12-17/h4-6,9-10,14,16,19H,2-3,7-8,11-12H2,1H3. The molecule has 0 heterocycles. The number of hydrogen-bond acceptors (Lipinski definition) is 2. The van der Waals surface area contributed by atoms with Crippen molar-refractivity contribution in [2.45, 2.75) is 57.5 Å². The largest absolute Gasteiger partial charge is 0.391 e. The monoisotopic (exact) mass is 257 g/mol. The molecule has 0 bridgehead atoms. The van der Waals surface area contributed by atoms with Gasteiger partial charge >= 0.3 is 0 Å². The third-order valence-electron chi connectivity index (χ3n) is 4.58. The highest BCUT2D eigenvalue weighted by Gasteiger charge is 2.41. The minimum Gasteiger partial charge on any atom is -0.391 e. The molecule has 19 heavy (non-hydrogen) atoms. The van der Waals surface area contributed by atoms with Gasteiger partial charge in [-0.3, -0.25) is 0 Å². The van der Waals surface area contributed by atoms with Gasteiger partial charge in [-0.2, -0.15) is 5.26 Å². The van der Waals surface area contributed by atoms with E-state index in [0.717, 1.165) is 31.2 Å². The third-order valence-corrected chi connectivity index (χ3v) is 4.58. The summed E-state index contributed by atoms with van der Waals surface area (Å²) in [7, 11) is 0. The molecule has 0 aliphatic heterocycles. The summed E-state index contributed by atoms with van der Waals surface area (Å²) in [4.78, 5) is 0. The predicted octanol–water partition coefficient (Wildman–Crippen LogP) is 4.02. The maximum Gasteiger partial charge on any atom is 0.0838 e. The van der Waals surface area contributed by atoms with Crippen LogP contribution in [0.1, 0.15) is 56.9 Å². The summed E-state index contributed by atoms with van der Waals surface area (Å²) < 4.78 is 0. The van der Waals surface area contributed by atoms with Crippen molar-refractivity contribution in [1.82, 2.24) is 0 Å². The van der Waals surface area contributed by atoms with E-state index in [1.54, 1.807) is 0 Å². The van der Waals surface area contributed by atoms with Crippen LogP contribution in [0.5, 0.6) is 0 Å². The first-order valence-electron chi connectivity index (χ1n) is 7.34. The van der Waals surface area contributed by atoms with Gasteiger partial charge in [-0.05, 0) is 18.4 Å². The van der Waals surface area contributed by atoms with Crippen molar-refractivity contribution < 1.29 is 5.11 Å². The van der Waals surface area contributed by atoms with Crippen molar-refractivity contribution in [3.8, 4) is 6.07 Å². The third kappa shape index (κ3) is 2.98. The highest BCUT2D eigenvalue weighted by Crippen LogP contribution is 2.42. The van der Waals surface area contributed by atoms with E-state index in [1.807, 2.05) is 37.3 Å². The van der Waals surface area contributed by atoms with Crippen LogP contribution in [0.3, 0.4) is 0 Å². The Hall–Kier alpha value is -1.33. The molecule has 2 unspecified atom stereocenters. The van der Waals surface area contributed by atoms with Crippen LogP contribution in [0.15, 0.2) is 30.3 Å². The van der Waals surface area contributed by atoms with Crippen LogP contribution in [0, 0.1) is 16.7 Å². The molecule has 102 valence electrons. The lowest BCUT2D eigenvalue weighted by Crippen LogP contribution is -2.37. The van der Waals surface area contributed by atoms with Crippen LogP contribution in [0.2, 0.25) is 0 Å². The minimum absolute atomic E-state index is 0.0129. The zero-order valence-corrected chi connectivity index (χ0v) is 11.7. The first kappa shape index (κ1) is 14.1. The van der Waals surface area contributed by atoms with E-state index in [2.05, 4.69) is 6.07 Å². The first-order chi connectivity index (χ1) is 9.19. The average Bonchev–Trinajstić information content (AvgIpc) is 2.73. The van der Waals surface area contributed by atoms with Crippen molar-refractivity contribution in [3.63, 3.8) is 0 Å². The molecule has 1 aliphatic rings. The number of benzene rings is 1. The van der Waals surface area contributed by atoms with Crippen molar-refractivity contribution >= 4 is 0 Å². The molecule has 1 aromatic rings. The molecule has 2 nitrogen and oxygen atoms in total. The summed E-state index contributed by atoms with van der Waals surface area (Å²) in [6.45, 7) is 2.03. The van der Waals surface area contributed by atoms with E-state index < -0.39 is 11.5 Å². The van der Waals surface area contributed by atoms with E-state index >= 15 is 0 Å². The van der Waals surface area contributed by atoms with Gasteiger partial charge in [0.05, 0.1) is 17.6 Å². The molecule has 1 saturated carbocycles. The lowest BCUT2D eigenvalue weighted by Gasteiger charge is -2.34. The van der Waals surface area contributed by atoms with Gasteiger partial charge in [-0.1, -0.05) is 62.9 Å². The maximum atomic E-state index is 10.7. The number of aliphatic hydroxyl groups is 1. The van der Waals surface area contributed by atoms with Crippen LogP contribution in [-0.2, 0) is 0 Å². The Bertz CT molecular complexity index is 426. The van der Waals surface area contributed by atoms with Crippen molar-refractivity contribution in [1.29, 1.82) is 5.26 Å². The normalized spacial score (nSPS) is 21.9. The Balaban J connectivity index is 2.20. The van der Waals surface area contributed by atoms with Gasteiger partial charge in [0.1, 0.15) is 0 Å². The van der Waals surface area contributed by atoms with Crippen LogP contribution in [-0.4, -0.2) is 11.2 Å². The molecule has 1 N–H and O–H groups in total. The van der Waals surface area contributed by atoms with E-state index in [4.69, 9.17) is 0 Å². The number of aliphatic hydroxyl groups excluding tert-OH is 1. The van der Waals surface area contributed by atoms with Crippen molar-refractivity contribution in [2.24, 2.45) is 5.41 Å². The lowest BCUT2D eigenvalue weighted by molar-refractivity contribution is 0.0339. The van der Waals surface area contributed by atoms with Crippen LogP contribution >= 0.6 is 0 Å². The van der Waals surface area contributed by atoms with E-state index in [1.165, 1.54) is 12.8 Å². The van der Waals surface area contributed by atoms with Gasteiger partial charge in [-0.15, -0.1) is 0 Å². The Kier molecular flexibility index (Phi) is 4.61. The zero-order valence-electron chi connectivity index (χ0n) is 11.7. The second-order valence-electron chi connectivity index (χ2n) is 5.83. The molecule has 1 aromatic carbocycles. The molecule has 0 aromatic heterocycles. The fraction of sp³-hybridized carbons (Fsp3) is 0.588.